The molecule has 2 aromatic rings. The second-order valence-electron chi connectivity index (χ2n) is 5.80. The summed E-state index contributed by atoms with van der Waals surface area (Å²) in [6.45, 7) is 0. The Morgan fingerprint density at radius 2 is 1.75 bits per heavy atom. The van der Waals surface area contributed by atoms with Gasteiger partial charge in [-0.25, -0.2) is 21.6 Å². The number of fused-ring (bicyclic) bond motifs is 1. The standard InChI is InChI=1S/C17H16F3NO2S/c1-21(14-8-4-6-11-5-2-3-7-12(11)14)24(22,23)15-10-9-13(18)16(19)17(15)20/h2-3,5,7,9-10,14H,4,6,8H2,1H3. The second-order valence-corrected chi connectivity index (χ2v) is 7.77. The predicted molar refractivity (Wildman–Crippen MR) is 83.4 cm³/mol. The van der Waals surface area contributed by atoms with Gasteiger partial charge in [0, 0.05) is 13.1 Å². The fourth-order valence-electron chi connectivity index (χ4n) is 3.14. The molecule has 0 aromatic heterocycles. The Bertz CT molecular complexity index is 883. The minimum atomic E-state index is -4.30. The van der Waals surface area contributed by atoms with E-state index in [2.05, 4.69) is 0 Å². The first-order valence-electron chi connectivity index (χ1n) is 7.53. The second kappa shape index (κ2) is 6.22. The van der Waals surface area contributed by atoms with Crippen LogP contribution in [0.3, 0.4) is 0 Å². The van der Waals surface area contributed by atoms with Crippen molar-refractivity contribution in [1.82, 2.24) is 4.31 Å². The Balaban J connectivity index is 2.04. The number of nitrogens with zero attached hydrogens (tertiary/aromatic N) is 1. The maximum absolute atomic E-state index is 14.0. The third-order valence-electron chi connectivity index (χ3n) is 4.43. The Hall–Kier alpha value is -1.86. The average Bonchev–Trinajstić information content (AvgIpc) is 2.58. The summed E-state index contributed by atoms with van der Waals surface area (Å²) in [6, 6.07) is 8.38. The van der Waals surface area contributed by atoms with Crippen molar-refractivity contribution < 1.29 is 21.6 Å². The number of benzene rings is 2. The number of rotatable bonds is 3. The Kier molecular flexibility index (Phi) is 4.40. The lowest BCUT2D eigenvalue weighted by Gasteiger charge is -2.32. The highest BCUT2D eigenvalue weighted by molar-refractivity contribution is 7.89. The third-order valence-corrected chi connectivity index (χ3v) is 6.32. The minimum Gasteiger partial charge on any atom is -0.207 e. The number of aryl methyl sites for hydroxylation is 1. The largest absolute Gasteiger partial charge is 0.246 e. The van der Waals surface area contributed by atoms with Gasteiger partial charge in [0.2, 0.25) is 10.0 Å². The van der Waals surface area contributed by atoms with Gasteiger partial charge in [-0.05, 0) is 42.5 Å². The van der Waals surface area contributed by atoms with Crippen LogP contribution in [0.1, 0.15) is 30.0 Å². The van der Waals surface area contributed by atoms with Crippen LogP contribution in [0.4, 0.5) is 13.2 Å². The van der Waals surface area contributed by atoms with E-state index in [1.807, 2.05) is 24.3 Å². The van der Waals surface area contributed by atoms with E-state index in [-0.39, 0.29) is 0 Å². The molecular formula is C17H16F3NO2S. The highest BCUT2D eigenvalue weighted by Crippen LogP contribution is 2.36. The van der Waals surface area contributed by atoms with Crippen LogP contribution >= 0.6 is 0 Å². The van der Waals surface area contributed by atoms with Crippen molar-refractivity contribution in [1.29, 1.82) is 0 Å². The van der Waals surface area contributed by atoms with Gasteiger partial charge in [0.25, 0.3) is 0 Å². The molecule has 0 spiro atoms. The molecule has 0 saturated heterocycles. The fraction of sp³-hybridized carbons (Fsp3) is 0.294. The van der Waals surface area contributed by atoms with Crippen molar-refractivity contribution in [2.75, 3.05) is 7.05 Å². The number of hydrogen-bond acceptors (Lipinski definition) is 2. The monoisotopic (exact) mass is 355 g/mol. The lowest BCUT2D eigenvalue weighted by molar-refractivity contribution is 0.334. The van der Waals surface area contributed by atoms with Crippen molar-refractivity contribution in [3.05, 3.63) is 65.0 Å². The summed E-state index contributed by atoms with van der Waals surface area (Å²) in [4.78, 5) is -0.855. The van der Waals surface area contributed by atoms with E-state index in [1.165, 1.54) is 7.05 Å². The maximum atomic E-state index is 14.0. The molecule has 1 aliphatic rings. The molecule has 1 unspecified atom stereocenters. The topological polar surface area (TPSA) is 37.4 Å². The zero-order chi connectivity index (χ0) is 17.5. The van der Waals surface area contributed by atoms with Crippen LogP contribution in [0.25, 0.3) is 0 Å². The number of sulfonamides is 1. The molecule has 0 bridgehead atoms. The molecule has 2 aromatic carbocycles. The molecule has 0 radical (unpaired) electrons. The van der Waals surface area contributed by atoms with Gasteiger partial charge in [-0.15, -0.1) is 0 Å². The van der Waals surface area contributed by atoms with Gasteiger partial charge in [-0.3, -0.25) is 0 Å². The molecule has 1 aliphatic carbocycles. The molecule has 3 nitrogen and oxygen atoms in total. The van der Waals surface area contributed by atoms with Crippen molar-refractivity contribution in [2.45, 2.75) is 30.2 Å². The number of halogens is 3. The third kappa shape index (κ3) is 2.71. The van der Waals surface area contributed by atoms with Crippen LogP contribution in [0.2, 0.25) is 0 Å². The zero-order valence-electron chi connectivity index (χ0n) is 13.0. The van der Waals surface area contributed by atoms with Crippen molar-refractivity contribution in [3.63, 3.8) is 0 Å². The highest BCUT2D eigenvalue weighted by Gasteiger charge is 2.34. The van der Waals surface area contributed by atoms with E-state index in [0.717, 1.165) is 34.3 Å². The molecule has 0 aliphatic heterocycles. The first-order chi connectivity index (χ1) is 11.3. The Morgan fingerprint density at radius 3 is 2.50 bits per heavy atom. The van der Waals surface area contributed by atoms with Gasteiger partial charge in [0.15, 0.2) is 17.5 Å². The predicted octanol–water partition coefficient (Wildman–Crippen LogP) is 3.80. The van der Waals surface area contributed by atoms with Gasteiger partial charge in [-0.2, -0.15) is 4.31 Å². The van der Waals surface area contributed by atoms with E-state index in [1.54, 1.807) is 0 Å². The minimum absolute atomic E-state index is 0.465. The van der Waals surface area contributed by atoms with Crippen molar-refractivity contribution in [3.8, 4) is 0 Å². The molecule has 0 heterocycles. The molecule has 1 atom stereocenters. The van der Waals surface area contributed by atoms with Gasteiger partial charge >= 0.3 is 0 Å². The van der Waals surface area contributed by atoms with E-state index >= 15 is 0 Å². The van der Waals surface area contributed by atoms with Gasteiger partial charge in [-0.1, -0.05) is 24.3 Å². The summed E-state index contributed by atoms with van der Waals surface area (Å²) in [7, 11) is -2.96. The highest BCUT2D eigenvalue weighted by atomic mass is 32.2. The molecule has 24 heavy (non-hydrogen) atoms. The van der Waals surface area contributed by atoms with E-state index in [9.17, 15) is 21.6 Å². The first-order valence-corrected chi connectivity index (χ1v) is 8.97. The summed E-state index contributed by atoms with van der Waals surface area (Å²) < 4.78 is 67.0. The quantitative estimate of drug-likeness (QED) is 0.786. The fourth-order valence-corrected chi connectivity index (χ4v) is 4.56. The summed E-state index contributed by atoms with van der Waals surface area (Å²) in [5.74, 6) is -4.89. The molecule has 0 saturated carbocycles. The molecule has 7 heteroatoms. The molecule has 0 fully saturated rings. The molecule has 0 N–H and O–H groups in total. The number of hydrogen-bond donors (Lipinski definition) is 0. The summed E-state index contributed by atoms with van der Waals surface area (Å²) >= 11 is 0. The summed E-state index contributed by atoms with van der Waals surface area (Å²) in [6.07, 6.45) is 2.22. The average molecular weight is 355 g/mol. The molecule has 0 amide bonds. The van der Waals surface area contributed by atoms with Crippen LogP contribution in [0.15, 0.2) is 41.3 Å². The normalized spacial score (nSPS) is 17.8. The van der Waals surface area contributed by atoms with Crippen LogP contribution in [0, 0.1) is 17.5 Å². The van der Waals surface area contributed by atoms with E-state index in [0.29, 0.717) is 12.5 Å². The molecule has 3 rings (SSSR count). The van der Waals surface area contributed by atoms with Gasteiger partial charge < -0.3 is 0 Å². The zero-order valence-corrected chi connectivity index (χ0v) is 13.8. The van der Waals surface area contributed by atoms with Crippen LogP contribution in [-0.4, -0.2) is 19.8 Å². The maximum Gasteiger partial charge on any atom is 0.246 e. The van der Waals surface area contributed by atoms with Crippen molar-refractivity contribution in [2.24, 2.45) is 0 Å². The SMILES string of the molecule is CN(C1CCCc2ccccc21)S(=O)(=O)c1ccc(F)c(F)c1F. The van der Waals surface area contributed by atoms with Crippen LogP contribution < -0.4 is 0 Å². The van der Waals surface area contributed by atoms with Gasteiger partial charge in [0.05, 0.1) is 0 Å². The lowest BCUT2D eigenvalue weighted by Crippen LogP contribution is -2.34. The van der Waals surface area contributed by atoms with Crippen molar-refractivity contribution >= 4 is 10.0 Å². The first kappa shape index (κ1) is 17.0. The van der Waals surface area contributed by atoms with Gasteiger partial charge in [0.1, 0.15) is 4.90 Å². The lowest BCUT2D eigenvalue weighted by atomic mass is 9.88. The Morgan fingerprint density at radius 1 is 1.04 bits per heavy atom. The van der Waals surface area contributed by atoms with E-state index in [4.69, 9.17) is 0 Å². The molecular weight excluding hydrogens is 339 g/mol. The van der Waals surface area contributed by atoms with Crippen LogP contribution in [-0.2, 0) is 16.4 Å². The smallest absolute Gasteiger partial charge is 0.207 e. The Labute approximate surface area is 138 Å². The molecule has 128 valence electrons. The summed E-state index contributed by atoms with van der Waals surface area (Å²) in [5, 5.41) is 0. The van der Waals surface area contributed by atoms with E-state index < -0.39 is 38.4 Å². The summed E-state index contributed by atoms with van der Waals surface area (Å²) in [5.41, 5.74) is 1.90. The van der Waals surface area contributed by atoms with Crippen LogP contribution in [0.5, 0.6) is 0 Å².